The highest BCUT2D eigenvalue weighted by Crippen LogP contribution is 2.29. The van der Waals surface area contributed by atoms with Crippen molar-refractivity contribution in [1.29, 1.82) is 0 Å². The monoisotopic (exact) mass is 279 g/mol. The zero-order valence-electron chi connectivity index (χ0n) is 12.4. The van der Waals surface area contributed by atoms with Gasteiger partial charge in [-0.1, -0.05) is 12.8 Å². The minimum atomic E-state index is 0.291. The quantitative estimate of drug-likeness (QED) is 0.837. The third-order valence-corrected chi connectivity index (χ3v) is 3.95. The van der Waals surface area contributed by atoms with Crippen LogP contribution in [-0.2, 0) is 0 Å². The fourth-order valence-electron chi connectivity index (χ4n) is 2.88. The molecule has 2 atom stereocenters. The van der Waals surface area contributed by atoms with E-state index in [1.54, 1.807) is 0 Å². The second kappa shape index (κ2) is 7.43. The molecular weight excluding hydrogens is 254 g/mol. The Morgan fingerprint density at radius 1 is 1.30 bits per heavy atom. The average Bonchev–Trinajstić information content (AvgIpc) is 2.45. The molecule has 1 aromatic rings. The molecule has 0 saturated heterocycles. The highest BCUT2D eigenvalue weighted by molar-refractivity contribution is 5.38. The lowest BCUT2D eigenvalue weighted by Crippen LogP contribution is -2.28. The molecule has 0 spiro atoms. The first-order valence-electron chi connectivity index (χ1n) is 7.56. The van der Waals surface area contributed by atoms with Crippen molar-refractivity contribution in [3.8, 4) is 5.88 Å². The lowest BCUT2D eigenvalue weighted by Gasteiger charge is -2.30. The Hall–Kier alpha value is -1.36. The molecule has 1 aliphatic carbocycles. The molecular formula is C15H25N3O2. The molecule has 20 heavy (non-hydrogen) atoms. The second-order valence-corrected chi connectivity index (χ2v) is 5.44. The zero-order chi connectivity index (χ0) is 14.4. The van der Waals surface area contributed by atoms with Crippen molar-refractivity contribution in [3.63, 3.8) is 0 Å². The van der Waals surface area contributed by atoms with Gasteiger partial charge in [0.1, 0.15) is 11.6 Å². The fraction of sp³-hybridized carbons (Fsp3) is 0.733. The maximum absolute atomic E-state index is 9.44. The van der Waals surface area contributed by atoms with Crippen LogP contribution in [0.4, 0.5) is 5.82 Å². The fourth-order valence-corrected chi connectivity index (χ4v) is 2.88. The summed E-state index contributed by atoms with van der Waals surface area (Å²) in [5.41, 5.74) is 0. The van der Waals surface area contributed by atoms with Crippen molar-refractivity contribution < 1.29 is 9.84 Å². The van der Waals surface area contributed by atoms with E-state index in [1.165, 1.54) is 19.3 Å². The highest BCUT2D eigenvalue weighted by atomic mass is 16.5. The van der Waals surface area contributed by atoms with Gasteiger partial charge in [0, 0.05) is 19.2 Å². The van der Waals surface area contributed by atoms with Gasteiger partial charge in [0.25, 0.3) is 0 Å². The topological polar surface area (TPSA) is 67.3 Å². The Kier molecular flexibility index (Phi) is 5.59. The standard InChI is InChI=1S/C15H25N3O2/c1-3-20-15-8-14(17-11(2)18-15)16-9-12-6-4-5-7-13(12)10-19/h8,12-13,19H,3-7,9-10H2,1-2H3,(H,16,17,18). The SMILES string of the molecule is CCOc1cc(NCC2CCCCC2CO)nc(C)n1. The maximum atomic E-state index is 9.44. The van der Waals surface area contributed by atoms with E-state index in [1.807, 2.05) is 19.9 Å². The Morgan fingerprint density at radius 2 is 2.05 bits per heavy atom. The average molecular weight is 279 g/mol. The molecule has 0 aromatic carbocycles. The lowest BCUT2D eigenvalue weighted by atomic mass is 9.79. The molecule has 1 fully saturated rings. The smallest absolute Gasteiger partial charge is 0.218 e. The second-order valence-electron chi connectivity index (χ2n) is 5.44. The summed E-state index contributed by atoms with van der Waals surface area (Å²) in [5, 5.41) is 12.8. The van der Waals surface area contributed by atoms with E-state index < -0.39 is 0 Å². The third kappa shape index (κ3) is 4.07. The Bertz CT molecular complexity index is 426. The van der Waals surface area contributed by atoms with E-state index in [9.17, 15) is 5.11 Å². The highest BCUT2D eigenvalue weighted by Gasteiger charge is 2.24. The number of nitrogens with zero attached hydrogens (tertiary/aromatic N) is 2. The van der Waals surface area contributed by atoms with Gasteiger partial charge in [-0.15, -0.1) is 0 Å². The van der Waals surface area contributed by atoms with Crippen LogP contribution in [0.15, 0.2) is 6.07 Å². The number of hydrogen-bond donors (Lipinski definition) is 2. The first-order chi connectivity index (χ1) is 9.72. The summed E-state index contributed by atoms with van der Waals surface area (Å²) in [6.07, 6.45) is 4.81. The van der Waals surface area contributed by atoms with Crippen molar-refractivity contribution in [3.05, 3.63) is 11.9 Å². The Balaban J connectivity index is 1.95. The number of anilines is 1. The van der Waals surface area contributed by atoms with Crippen LogP contribution >= 0.6 is 0 Å². The van der Waals surface area contributed by atoms with Gasteiger partial charge in [-0.25, -0.2) is 4.98 Å². The molecule has 1 aliphatic rings. The number of aryl methyl sites for hydroxylation is 1. The van der Waals surface area contributed by atoms with Crippen molar-refractivity contribution >= 4 is 5.82 Å². The van der Waals surface area contributed by atoms with E-state index in [0.717, 1.165) is 18.8 Å². The maximum Gasteiger partial charge on any atom is 0.218 e. The minimum absolute atomic E-state index is 0.291. The summed E-state index contributed by atoms with van der Waals surface area (Å²) in [5.74, 6) is 3.08. The summed E-state index contributed by atoms with van der Waals surface area (Å²) in [7, 11) is 0. The summed E-state index contributed by atoms with van der Waals surface area (Å²) < 4.78 is 5.43. The van der Waals surface area contributed by atoms with E-state index in [4.69, 9.17) is 4.74 Å². The predicted octanol–water partition coefficient (Wildman–Crippen LogP) is 2.39. The Labute approximate surface area is 120 Å². The molecule has 1 aromatic heterocycles. The van der Waals surface area contributed by atoms with Crippen LogP contribution in [0.2, 0.25) is 0 Å². The molecule has 0 bridgehead atoms. The van der Waals surface area contributed by atoms with Crippen molar-refractivity contribution in [2.24, 2.45) is 11.8 Å². The van der Waals surface area contributed by atoms with Crippen molar-refractivity contribution in [2.75, 3.05) is 25.1 Å². The normalized spacial score (nSPS) is 22.6. The van der Waals surface area contributed by atoms with Crippen LogP contribution in [0.25, 0.3) is 0 Å². The zero-order valence-corrected chi connectivity index (χ0v) is 12.4. The number of aliphatic hydroxyl groups is 1. The van der Waals surface area contributed by atoms with Crippen LogP contribution in [0.5, 0.6) is 5.88 Å². The summed E-state index contributed by atoms with van der Waals surface area (Å²) >= 11 is 0. The van der Waals surface area contributed by atoms with Crippen molar-refractivity contribution in [1.82, 2.24) is 9.97 Å². The first-order valence-corrected chi connectivity index (χ1v) is 7.56. The van der Waals surface area contributed by atoms with Crippen LogP contribution in [0.1, 0.15) is 38.4 Å². The number of rotatable bonds is 6. The summed E-state index contributed by atoms with van der Waals surface area (Å²) in [6, 6.07) is 1.84. The van der Waals surface area contributed by atoms with E-state index in [-0.39, 0.29) is 0 Å². The van der Waals surface area contributed by atoms with E-state index in [2.05, 4.69) is 15.3 Å². The molecule has 1 heterocycles. The molecule has 0 amide bonds. The van der Waals surface area contributed by atoms with Gasteiger partial charge in [0.05, 0.1) is 6.61 Å². The molecule has 5 heteroatoms. The van der Waals surface area contributed by atoms with Gasteiger partial charge in [-0.2, -0.15) is 4.98 Å². The van der Waals surface area contributed by atoms with Crippen molar-refractivity contribution in [2.45, 2.75) is 39.5 Å². The number of aromatic nitrogens is 2. The molecule has 5 nitrogen and oxygen atoms in total. The van der Waals surface area contributed by atoms with Gasteiger partial charge in [-0.3, -0.25) is 0 Å². The van der Waals surface area contributed by atoms with Crippen LogP contribution in [-0.4, -0.2) is 34.8 Å². The summed E-state index contributed by atoms with van der Waals surface area (Å²) in [4.78, 5) is 8.62. The number of hydrogen-bond acceptors (Lipinski definition) is 5. The van der Waals surface area contributed by atoms with Gasteiger partial charge in [0.15, 0.2) is 0 Å². The van der Waals surface area contributed by atoms with Gasteiger partial charge >= 0.3 is 0 Å². The van der Waals surface area contributed by atoms with Gasteiger partial charge in [-0.05, 0) is 38.5 Å². The van der Waals surface area contributed by atoms with Crippen LogP contribution in [0, 0.1) is 18.8 Å². The molecule has 0 aliphatic heterocycles. The first kappa shape index (κ1) is 15.0. The molecule has 0 radical (unpaired) electrons. The van der Waals surface area contributed by atoms with Crippen LogP contribution in [0.3, 0.4) is 0 Å². The lowest BCUT2D eigenvalue weighted by molar-refractivity contribution is 0.141. The number of nitrogens with one attached hydrogen (secondary N) is 1. The molecule has 2 unspecified atom stereocenters. The molecule has 1 saturated carbocycles. The van der Waals surface area contributed by atoms with Gasteiger partial charge in [0.2, 0.25) is 5.88 Å². The number of ether oxygens (including phenoxy) is 1. The Morgan fingerprint density at radius 3 is 2.75 bits per heavy atom. The largest absolute Gasteiger partial charge is 0.478 e. The molecule has 112 valence electrons. The predicted molar refractivity (Wildman–Crippen MR) is 79.0 cm³/mol. The van der Waals surface area contributed by atoms with E-state index in [0.29, 0.717) is 36.8 Å². The summed E-state index contributed by atoms with van der Waals surface area (Å²) in [6.45, 7) is 5.56. The van der Waals surface area contributed by atoms with Gasteiger partial charge < -0.3 is 15.2 Å². The minimum Gasteiger partial charge on any atom is -0.478 e. The molecule has 2 rings (SSSR count). The van der Waals surface area contributed by atoms with Crippen LogP contribution < -0.4 is 10.1 Å². The molecule has 2 N–H and O–H groups in total. The van der Waals surface area contributed by atoms with E-state index >= 15 is 0 Å². The number of aliphatic hydroxyl groups excluding tert-OH is 1. The third-order valence-electron chi connectivity index (χ3n) is 3.95.